The van der Waals surface area contributed by atoms with Crippen LogP contribution >= 0.6 is 0 Å². The zero-order chi connectivity index (χ0) is 11.5. The van der Waals surface area contributed by atoms with Crippen LogP contribution in [0.15, 0.2) is 18.2 Å². The molecule has 0 spiro atoms. The lowest BCUT2D eigenvalue weighted by Gasteiger charge is -2.22. The molecular weight excluding hydrogens is 214 g/mol. The fourth-order valence-corrected chi connectivity index (χ4v) is 1.84. The first-order valence-electron chi connectivity index (χ1n) is 5.29. The fourth-order valence-electron chi connectivity index (χ4n) is 1.84. The quantitative estimate of drug-likeness (QED) is 0.775. The Morgan fingerprint density at radius 2 is 2.12 bits per heavy atom. The Morgan fingerprint density at radius 3 is 2.88 bits per heavy atom. The molecule has 0 bridgehead atoms. The molecule has 16 heavy (non-hydrogen) atoms. The third-order valence-corrected chi connectivity index (χ3v) is 2.65. The molecule has 1 unspecified atom stereocenters. The summed E-state index contributed by atoms with van der Waals surface area (Å²) >= 11 is 0. The van der Waals surface area contributed by atoms with Crippen molar-refractivity contribution in [2.24, 2.45) is 0 Å². The van der Waals surface area contributed by atoms with Gasteiger partial charge >= 0.3 is 0 Å². The molecule has 1 aromatic carbocycles. The molecule has 2 rings (SSSR count). The average molecular weight is 226 g/mol. The zero-order valence-corrected chi connectivity index (χ0v) is 8.71. The summed E-state index contributed by atoms with van der Waals surface area (Å²) in [4.78, 5) is 11.2. The van der Waals surface area contributed by atoms with Crippen molar-refractivity contribution in [3.63, 3.8) is 0 Å². The smallest absolute Gasteiger partial charge is 0.200 e. The van der Waals surface area contributed by atoms with Crippen molar-refractivity contribution in [3.05, 3.63) is 29.8 Å². The van der Waals surface area contributed by atoms with Crippen LogP contribution in [-0.4, -0.2) is 11.9 Å². The largest absolute Gasteiger partial charge is 0.487 e. The number of carbonyl (C=O) groups is 1. The first-order chi connectivity index (χ1) is 7.66. The van der Waals surface area contributed by atoms with E-state index in [2.05, 4.69) is 0 Å². The van der Waals surface area contributed by atoms with Gasteiger partial charge in [0.15, 0.2) is 11.6 Å². The Kier molecular flexibility index (Phi) is 3.17. The summed E-state index contributed by atoms with van der Waals surface area (Å²) in [5, 5.41) is 0. The van der Waals surface area contributed by atoms with Gasteiger partial charge in [-0.1, -0.05) is 6.07 Å². The number of ether oxygens (including phenoxy) is 1. The molecule has 4 heteroatoms. The molecule has 0 aromatic heterocycles. The van der Waals surface area contributed by atoms with E-state index in [1.54, 1.807) is 0 Å². The summed E-state index contributed by atoms with van der Waals surface area (Å²) in [6.45, 7) is 0. The maximum Gasteiger partial charge on any atom is 0.200 e. The Balaban J connectivity index is 2.08. The van der Waals surface area contributed by atoms with E-state index in [0.717, 1.165) is 12.5 Å². The van der Waals surface area contributed by atoms with Crippen molar-refractivity contribution in [1.29, 1.82) is 0 Å². The van der Waals surface area contributed by atoms with Crippen LogP contribution in [-0.2, 0) is 4.79 Å². The molecule has 86 valence electrons. The van der Waals surface area contributed by atoms with Crippen LogP contribution in [0.5, 0.6) is 5.75 Å². The predicted octanol–water partition coefficient (Wildman–Crippen LogP) is 2.86. The van der Waals surface area contributed by atoms with Crippen LogP contribution in [0.4, 0.5) is 8.78 Å². The third-order valence-electron chi connectivity index (χ3n) is 2.65. The second kappa shape index (κ2) is 4.60. The number of halogens is 2. The molecule has 1 fully saturated rings. The molecule has 0 saturated heterocycles. The number of hydrogen-bond acceptors (Lipinski definition) is 2. The van der Waals surface area contributed by atoms with Crippen molar-refractivity contribution < 1.29 is 18.3 Å². The average Bonchev–Trinajstić information content (AvgIpc) is 2.25. The minimum absolute atomic E-state index is 0.111. The van der Waals surface area contributed by atoms with Gasteiger partial charge in [0.05, 0.1) is 0 Å². The second-order valence-corrected chi connectivity index (χ2v) is 3.93. The summed E-state index contributed by atoms with van der Waals surface area (Å²) in [5.41, 5.74) is 0. The molecule has 1 atom stereocenters. The van der Waals surface area contributed by atoms with Gasteiger partial charge in [-0.05, 0) is 25.0 Å². The van der Waals surface area contributed by atoms with E-state index in [9.17, 15) is 13.6 Å². The lowest BCUT2D eigenvalue weighted by Crippen LogP contribution is -2.25. The first kappa shape index (κ1) is 11.0. The highest BCUT2D eigenvalue weighted by Gasteiger charge is 2.22. The van der Waals surface area contributed by atoms with Crippen molar-refractivity contribution in [3.8, 4) is 5.75 Å². The van der Waals surface area contributed by atoms with Crippen molar-refractivity contribution in [2.75, 3.05) is 0 Å². The number of benzene rings is 1. The molecule has 0 aliphatic heterocycles. The van der Waals surface area contributed by atoms with E-state index >= 15 is 0 Å². The summed E-state index contributed by atoms with van der Waals surface area (Å²) < 4.78 is 31.5. The topological polar surface area (TPSA) is 26.3 Å². The summed E-state index contributed by atoms with van der Waals surface area (Å²) in [6.07, 6.45) is 1.99. The molecule has 1 aliphatic rings. The van der Waals surface area contributed by atoms with E-state index in [4.69, 9.17) is 4.74 Å². The van der Waals surface area contributed by atoms with E-state index in [1.165, 1.54) is 12.1 Å². The Hall–Kier alpha value is -1.45. The van der Waals surface area contributed by atoms with Crippen molar-refractivity contribution in [2.45, 2.75) is 31.8 Å². The van der Waals surface area contributed by atoms with Crippen LogP contribution in [0.3, 0.4) is 0 Å². The molecule has 1 saturated carbocycles. The van der Waals surface area contributed by atoms with E-state index in [0.29, 0.717) is 12.8 Å². The minimum Gasteiger partial charge on any atom is -0.487 e. The molecule has 0 amide bonds. The Morgan fingerprint density at radius 1 is 1.31 bits per heavy atom. The Labute approximate surface area is 92.2 Å². The minimum atomic E-state index is -0.986. The molecule has 1 aliphatic carbocycles. The van der Waals surface area contributed by atoms with Crippen LogP contribution in [0.1, 0.15) is 25.7 Å². The van der Waals surface area contributed by atoms with Crippen LogP contribution in [0, 0.1) is 11.6 Å². The lowest BCUT2D eigenvalue weighted by molar-refractivity contribution is -0.122. The number of rotatable bonds is 2. The van der Waals surface area contributed by atoms with Crippen molar-refractivity contribution in [1.82, 2.24) is 0 Å². The van der Waals surface area contributed by atoms with Gasteiger partial charge in [-0.15, -0.1) is 0 Å². The second-order valence-electron chi connectivity index (χ2n) is 3.93. The molecule has 0 N–H and O–H groups in total. The molecule has 2 nitrogen and oxygen atoms in total. The highest BCUT2D eigenvalue weighted by atomic mass is 19.2. The monoisotopic (exact) mass is 226 g/mol. The van der Waals surface area contributed by atoms with Crippen LogP contribution in [0.2, 0.25) is 0 Å². The van der Waals surface area contributed by atoms with E-state index in [-0.39, 0.29) is 24.1 Å². The fraction of sp³-hybridized carbons (Fsp3) is 0.417. The first-order valence-corrected chi connectivity index (χ1v) is 5.29. The number of Topliss-reactive ketones (excluding diaryl/α,β-unsaturated/α-hetero) is 1. The normalized spacial score (nSPS) is 20.9. The van der Waals surface area contributed by atoms with Gasteiger partial charge in [-0.25, -0.2) is 4.39 Å². The predicted molar refractivity (Wildman–Crippen MR) is 54.2 cm³/mol. The van der Waals surface area contributed by atoms with Gasteiger partial charge in [0.1, 0.15) is 11.9 Å². The summed E-state index contributed by atoms with van der Waals surface area (Å²) in [6, 6.07) is 3.80. The van der Waals surface area contributed by atoms with Gasteiger partial charge in [-0.3, -0.25) is 4.79 Å². The molecular formula is C12H12F2O2. The van der Waals surface area contributed by atoms with E-state index < -0.39 is 11.6 Å². The summed E-state index contributed by atoms with van der Waals surface area (Å²) in [5.74, 6) is -1.91. The van der Waals surface area contributed by atoms with Crippen LogP contribution < -0.4 is 4.74 Å². The van der Waals surface area contributed by atoms with Gasteiger partial charge in [-0.2, -0.15) is 4.39 Å². The molecule has 1 aromatic rings. The van der Waals surface area contributed by atoms with Gasteiger partial charge < -0.3 is 4.74 Å². The van der Waals surface area contributed by atoms with Crippen LogP contribution in [0.25, 0.3) is 0 Å². The molecule has 0 radical (unpaired) electrons. The number of carbonyl (C=O) groups excluding carboxylic acids is 1. The standard InChI is InChI=1S/C12H12F2O2/c13-10-5-2-6-11(12(10)14)16-9-4-1-3-8(15)7-9/h2,5-6,9H,1,3-4,7H2. The summed E-state index contributed by atoms with van der Waals surface area (Å²) in [7, 11) is 0. The van der Waals surface area contributed by atoms with Gasteiger partial charge in [0.25, 0.3) is 0 Å². The lowest BCUT2D eigenvalue weighted by atomic mass is 9.96. The zero-order valence-electron chi connectivity index (χ0n) is 8.71. The highest BCUT2D eigenvalue weighted by molar-refractivity contribution is 5.79. The number of hydrogen-bond donors (Lipinski definition) is 0. The van der Waals surface area contributed by atoms with E-state index in [1.807, 2.05) is 0 Å². The maximum atomic E-state index is 13.3. The van der Waals surface area contributed by atoms with Gasteiger partial charge in [0.2, 0.25) is 5.82 Å². The third kappa shape index (κ3) is 2.38. The maximum absolute atomic E-state index is 13.3. The highest BCUT2D eigenvalue weighted by Crippen LogP contribution is 2.25. The Bertz CT molecular complexity index is 404. The SMILES string of the molecule is O=C1CCCC(Oc2cccc(F)c2F)C1. The van der Waals surface area contributed by atoms with Gasteiger partial charge in [0, 0.05) is 12.8 Å². The van der Waals surface area contributed by atoms with Crippen molar-refractivity contribution >= 4 is 5.78 Å². The number of ketones is 1. The molecule has 0 heterocycles.